The molecule has 0 radical (unpaired) electrons. The van der Waals surface area contributed by atoms with E-state index in [-0.39, 0.29) is 18.2 Å². The molecule has 1 atom stereocenters. The Morgan fingerprint density at radius 2 is 1.76 bits per heavy atom. The largest absolute Gasteiger partial charge is 0.494 e. The first-order valence-electron chi connectivity index (χ1n) is 12.5. The zero-order valence-corrected chi connectivity index (χ0v) is 20.9. The summed E-state index contributed by atoms with van der Waals surface area (Å²) in [5, 5.41) is 1.08. The molecule has 1 N–H and O–H groups in total. The molecule has 2 heterocycles. The van der Waals surface area contributed by atoms with Crippen molar-refractivity contribution >= 4 is 34.3 Å². The van der Waals surface area contributed by atoms with Crippen molar-refractivity contribution in [3.05, 3.63) is 95.7 Å². The quantitative estimate of drug-likeness (QED) is 0.353. The lowest BCUT2D eigenvalue weighted by atomic mass is 10.1. The molecule has 7 nitrogen and oxygen atoms in total. The predicted molar refractivity (Wildman–Crippen MR) is 143 cm³/mol. The van der Waals surface area contributed by atoms with Crippen LogP contribution in [0.5, 0.6) is 5.75 Å². The maximum atomic E-state index is 13.7. The molecule has 7 heteroatoms. The van der Waals surface area contributed by atoms with Gasteiger partial charge in [-0.05, 0) is 68.3 Å². The summed E-state index contributed by atoms with van der Waals surface area (Å²) < 4.78 is 5.48. The highest BCUT2D eigenvalue weighted by Crippen LogP contribution is 2.29. The molecule has 1 unspecified atom stereocenters. The topological polar surface area (TPSA) is 82.7 Å². The summed E-state index contributed by atoms with van der Waals surface area (Å²) in [7, 11) is 0. The van der Waals surface area contributed by atoms with Gasteiger partial charge in [-0.25, -0.2) is 4.90 Å². The van der Waals surface area contributed by atoms with E-state index in [2.05, 4.69) is 4.98 Å². The van der Waals surface area contributed by atoms with Crippen molar-refractivity contribution in [2.75, 3.05) is 18.1 Å². The van der Waals surface area contributed by atoms with Crippen molar-refractivity contribution in [1.82, 2.24) is 9.88 Å². The number of imide groups is 1. The van der Waals surface area contributed by atoms with Gasteiger partial charge < -0.3 is 14.6 Å². The standard InChI is InChI=1S/C30H29N3O4/c1-3-37-24-14-12-23(13-15-24)33-28(34)18-27(30(33)36)32(29(35)21-10-8-20(2)9-11-21)17-16-22-19-31-26-7-5-4-6-25(22)26/h4-15,19,27,31H,3,16-18H2,1-2H3. The number of fused-ring (bicyclic) bond motifs is 1. The van der Waals surface area contributed by atoms with Crippen LogP contribution in [-0.4, -0.2) is 46.8 Å². The summed E-state index contributed by atoms with van der Waals surface area (Å²) in [5.41, 5.74) is 4.07. The zero-order valence-electron chi connectivity index (χ0n) is 20.9. The minimum absolute atomic E-state index is 0.0580. The first kappa shape index (κ1) is 24.3. The van der Waals surface area contributed by atoms with Crippen molar-refractivity contribution in [3.8, 4) is 5.75 Å². The van der Waals surface area contributed by atoms with E-state index in [4.69, 9.17) is 4.74 Å². The Morgan fingerprint density at radius 1 is 1.03 bits per heavy atom. The average molecular weight is 496 g/mol. The van der Waals surface area contributed by atoms with Crippen LogP contribution in [0.1, 0.15) is 34.8 Å². The Balaban J connectivity index is 1.43. The number of H-pyrrole nitrogens is 1. The van der Waals surface area contributed by atoms with Crippen molar-refractivity contribution in [2.24, 2.45) is 0 Å². The van der Waals surface area contributed by atoms with Gasteiger partial charge in [-0.15, -0.1) is 0 Å². The van der Waals surface area contributed by atoms with Crippen LogP contribution in [0.15, 0.2) is 79.0 Å². The number of benzene rings is 3. The summed E-state index contributed by atoms with van der Waals surface area (Å²) in [6.45, 7) is 4.67. The van der Waals surface area contributed by atoms with Crippen molar-refractivity contribution in [2.45, 2.75) is 32.7 Å². The highest BCUT2D eigenvalue weighted by molar-refractivity contribution is 6.23. The molecule has 0 bridgehead atoms. The zero-order chi connectivity index (χ0) is 25.9. The van der Waals surface area contributed by atoms with Crippen molar-refractivity contribution < 1.29 is 19.1 Å². The summed E-state index contributed by atoms with van der Waals surface area (Å²) in [5.74, 6) is -0.321. The van der Waals surface area contributed by atoms with Crippen molar-refractivity contribution in [3.63, 3.8) is 0 Å². The van der Waals surface area contributed by atoms with Crippen LogP contribution < -0.4 is 9.64 Å². The molecule has 5 rings (SSSR count). The van der Waals surface area contributed by atoms with Crippen LogP contribution in [0.25, 0.3) is 10.9 Å². The van der Waals surface area contributed by atoms with E-state index < -0.39 is 11.9 Å². The lowest BCUT2D eigenvalue weighted by Crippen LogP contribution is -2.46. The smallest absolute Gasteiger partial charge is 0.257 e. The number of nitrogens with zero attached hydrogens (tertiary/aromatic N) is 2. The fraction of sp³-hybridized carbons (Fsp3) is 0.233. The normalized spacial score (nSPS) is 15.4. The van der Waals surface area contributed by atoms with Gasteiger partial charge in [-0.1, -0.05) is 35.9 Å². The Labute approximate surface area is 215 Å². The van der Waals surface area contributed by atoms with E-state index >= 15 is 0 Å². The van der Waals surface area contributed by atoms with Crippen LogP contribution in [0.3, 0.4) is 0 Å². The molecule has 1 aliphatic heterocycles. The van der Waals surface area contributed by atoms with Crippen molar-refractivity contribution in [1.29, 1.82) is 0 Å². The number of hydrogen-bond donors (Lipinski definition) is 1. The Bertz CT molecular complexity index is 1440. The number of para-hydroxylation sites is 1. The van der Waals surface area contributed by atoms with Crippen LogP contribution >= 0.6 is 0 Å². The van der Waals surface area contributed by atoms with E-state index in [9.17, 15) is 14.4 Å². The molecule has 37 heavy (non-hydrogen) atoms. The second-order valence-corrected chi connectivity index (χ2v) is 9.19. The number of carbonyl (C=O) groups excluding carboxylic acids is 3. The van der Waals surface area contributed by atoms with E-state index in [0.29, 0.717) is 36.6 Å². The highest BCUT2D eigenvalue weighted by Gasteiger charge is 2.44. The van der Waals surface area contributed by atoms with Gasteiger partial charge in [-0.3, -0.25) is 14.4 Å². The third-order valence-corrected chi connectivity index (χ3v) is 6.76. The van der Waals surface area contributed by atoms with Gasteiger partial charge in [0.05, 0.1) is 18.7 Å². The lowest BCUT2D eigenvalue weighted by Gasteiger charge is -2.28. The third kappa shape index (κ3) is 4.85. The molecular weight excluding hydrogens is 466 g/mol. The predicted octanol–water partition coefficient (Wildman–Crippen LogP) is 4.89. The minimum Gasteiger partial charge on any atom is -0.494 e. The molecule has 0 spiro atoms. The van der Waals surface area contributed by atoms with E-state index in [1.807, 2.05) is 56.4 Å². The Morgan fingerprint density at radius 3 is 2.49 bits per heavy atom. The van der Waals surface area contributed by atoms with Crippen LogP contribution in [0, 0.1) is 6.92 Å². The van der Waals surface area contributed by atoms with Gasteiger partial charge in [0, 0.05) is 29.2 Å². The fourth-order valence-corrected chi connectivity index (χ4v) is 4.83. The summed E-state index contributed by atoms with van der Waals surface area (Å²) >= 11 is 0. The molecule has 188 valence electrons. The van der Waals surface area contributed by atoms with E-state index in [1.165, 1.54) is 4.90 Å². The summed E-state index contributed by atoms with van der Waals surface area (Å²) in [6, 6.07) is 21.2. The number of carbonyl (C=O) groups is 3. The molecule has 1 fully saturated rings. The molecule has 0 aliphatic carbocycles. The number of nitrogens with one attached hydrogen (secondary N) is 1. The molecule has 1 aromatic heterocycles. The molecular formula is C30H29N3O4. The number of anilines is 1. The monoisotopic (exact) mass is 495 g/mol. The van der Waals surface area contributed by atoms with Gasteiger partial charge in [-0.2, -0.15) is 0 Å². The van der Waals surface area contributed by atoms with Gasteiger partial charge in [0.15, 0.2) is 0 Å². The Kier molecular flexibility index (Phi) is 6.77. The van der Waals surface area contributed by atoms with Gasteiger partial charge in [0.1, 0.15) is 11.8 Å². The number of aromatic amines is 1. The maximum absolute atomic E-state index is 13.7. The summed E-state index contributed by atoms with van der Waals surface area (Å²) in [4.78, 5) is 46.4. The number of aromatic nitrogens is 1. The third-order valence-electron chi connectivity index (χ3n) is 6.76. The number of ether oxygens (including phenoxy) is 1. The number of aryl methyl sites for hydroxylation is 1. The molecule has 1 saturated heterocycles. The molecule has 4 aromatic rings. The second-order valence-electron chi connectivity index (χ2n) is 9.19. The SMILES string of the molecule is CCOc1ccc(N2C(=O)CC(N(CCc3c[nH]c4ccccc34)C(=O)c3ccc(C)cc3)C2=O)cc1. The van der Waals surface area contributed by atoms with E-state index in [1.54, 1.807) is 41.3 Å². The number of rotatable bonds is 8. The average Bonchev–Trinajstić information content (AvgIpc) is 3.45. The number of hydrogen-bond acceptors (Lipinski definition) is 4. The maximum Gasteiger partial charge on any atom is 0.257 e. The Hall–Kier alpha value is -4.39. The van der Waals surface area contributed by atoms with Crippen LogP contribution in [0.4, 0.5) is 5.69 Å². The fourth-order valence-electron chi connectivity index (χ4n) is 4.83. The molecule has 0 saturated carbocycles. The first-order valence-corrected chi connectivity index (χ1v) is 12.5. The first-order chi connectivity index (χ1) is 18.0. The minimum atomic E-state index is -0.877. The second kappa shape index (κ2) is 10.3. The van der Waals surface area contributed by atoms with Gasteiger partial charge in [0.2, 0.25) is 5.91 Å². The van der Waals surface area contributed by atoms with Gasteiger partial charge >= 0.3 is 0 Å². The number of amides is 3. The molecule has 1 aliphatic rings. The summed E-state index contributed by atoms with van der Waals surface area (Å²) in [6.07, 6.45) is 2.42. The van der Waals surface area contributed by atoms with Crippen LogP contribution in [0.2, 0.25) is 0 Å². The lowest BCUT2D eigenvalue weighted by molar-refractivity contribution is -0.122. The van der Waals surface area contributed by atoms with Crippen LogP contribution in [-0.2, 0) is 16.0 Å². The van der Waals surface area contributed by atoms with E-state index in [0.717, 1.165) is 22.0 Å². The molecule has 3 aromatic carbocycles. The van der Waals surface area contributed by atoms with Gasteiger partial charge in [0.25, 0.3) is 11.8 Å². The molecule has 3 amide bonds. The highest BCUT2D eigenvalue weighted by atomic mass is 16.5.